The molecule has 0 radical (unpaired) electrons. The molecule has 3 nitrogen and oxygen atoms in total. The molecule has 3 rings (SSSR count). The SMILES string of the molecule is CN(Cc1ccc(Br)o1)C(=O)C1(c2ccc(Br)cc2)CCC1. The van der Waals surface area contributed by atoms with Crippen LogP contribution in [-0.2, 0) is 16.8 Å². The number of benzene rings is 1. The number of rotatable bonds is 4. The average Bonchev–Trinajstić information content (AvgIpc) is 2.84. The molecule has 1 amide bonds. The predicted molar refractivity (Wildman–Crippen MR) is 92.6 cm³/mol. The van der Waals surface area contributed by atoms with Gasteiger partial charge in [0.1, 0.15) is 5.76 Å². The molecule has 0 bridgehead atoms. The third kappa shape index (κ3) is 2.88. The summed E-state index contributed by atoms with van der Waals surface area (Å²) >= 11 is 6.74. The summed E-state index contributed by atoms with van der Waals surface area (Å²) < 4.78 is 7.23. The number of carbonyl (C=O) groups is 1. The number of likely N-dealkylation sites (N-methyl/N-ethyl adjacent to an activating group) is 1. The number of halogens is 2. The van der Waals surface area contributed by atoms with E-state index in [-0.39, 0.29) is 11.3 Å². The van der Waals surface area contributed by atoms with Crippen molar-refractivity contribution in [2.24, 2.45) is 0 Å². The van der Waals surface area contributed by atoms with Gasteiger partial charge in [-0.25, -0.2) is 0 Å². The van der Waals surface area contributed by atoms with Crippen LogP contribution in [0.25, 0.3) is 0 Å². The van der Waals surface area contributed by atoms with Crippen molar-refractivity contribution < 1.29 is 9.21 Å². The monoisotopic (exact) mass is 425 g/mol. The van der Waals surface area contributed by atoms with Gasteiger partial charge in [-0.15, -0.1) is 0 Å². The lowest BCUT2D eigenvalue weighted by atomic mass is 9.63. The van der Waals surface area contributed by atoms with Crippen molar-refractivity contribution in [3.05, 3.63) is 56.9 Å². The number of hydrogen-bond donors (Lipinski definition) is 0. The van der Waals surface area contributed by atoms with Crippen molar-refractivity contribution in [3.8, 4) is 0 Å². The molecule has 1 aliphatic carbocycles. The van der Waals surface area contributed by atoms with Crippen LogP contribution in [0.3, 0.4) is 0 Å². The largest absolute Gasteiger partial charge is 0.452 e. The normalized spacial score (nSPS) is 16.1. The third-order valence-corrected chi connectivity index (χ3v) is 5.34. The van der Waals surface area contributed by atoms with Crippen molar-refractivity contribution in [1.29, 1.82) is 0 Å². The summed E-state index contributed by atoms with van der Waals surface area (Å²) in [6.07, 6.45) is 2.93. The molecule has 0 N–H and O–H groups in total. The molecule has 2 aromatic rings. The van der Waals surface area contributed by atoms with Crippen LogP contribution in [0.2, 0.25) is 0 Å². The molecule has 1 fully saturated rings. The fourth-order valence-electron chi connectivity index (χ4n) is 3.03. The quantitative estimate of drug-likeness (QED) is 0.697. The summed E-state index contributed by atoms with van der Waals surface area (Å²) in [7, 11) is 1.84. The number of amides is 1. The number of furan rings is 1. The Bertz CT molecular complexity index is 674. The van der Waals surface area contributed by atoms with Crippen molar-refractivity contribution in [1.82, 2.24) is 4.90 Å². The van der Waals surface area contributed by atoms with E-state index in [2.05, 4.69) is 44.0 Å². The summed E-state index contributed by atoms with van der Waals surface area (Å²) in [5.41, 5.74) is 0.749. The molecule has 1 saturated carbocycles. The van der Waals surface area contributed by atoms with E-state index >= 15 is 0 Å². The molecule has 22 heavy (non-hydrogen) atoms. The molecule has 5 heteroatoms. The van der Waals surface area contributed by atoms with Crippen molar-refractivity contribution in [2.75, 3.05) is 7.05 Å². The fourth-order valence-corrected chi connectivity index (χ4v) is 3.64. The Morgan fingerprint density at radius 3 is 2.36 bits per heavy atom. The van der Waals surface area contributed by atoms with E-state index in [9.17, 15) is 4.79 Å². The first kappa shape index (κ1) is 15.8. The van der Waals surface area contributed by atoms with E-state index in [1.165, 1.54) is 0 Å². The molecule has 0 aliphatic heterocycles. The maximum atomic E-state index is 13.0. The number of carbonyl (C=O) groups excluding carboxylic acids is 1. The Kier molecular flexibility index (Phi) is 4.46. The van der Waals surface area contributed by atoms with E-state index in [1.54, 1.807) is 4.90 Å². The highest BCUT2D eigenvalue weighted by Crippen LogP contribution is 2.45. The van der Waals surface area contributed by atoms with E-state index < -0.39 is 0 Å². The fraction of sp³-hybridized carbons (Fsp3) is 0.353. The van der Waals surface area contributed by atoms with Crippen LogP contribution in [0, 0.1) is 0 Å². The van der Waals surface area contributed by atoms with Gasteiger partial charge in [-0.05, 0) is 58.6 Å². The summed E-state index contributed by atoms with van der Waals surface area (Å²) in [6, 6.07) is 11.9. The van der Waals surface area contributed by atoms with E-state index in [0.717, 1.165) is 35.1 Å². The summed E-state index contributed by atoms with van der Waals surface area (Å²) in [5.74, 6) is 0.960. The second-order valence-corrected chi connectivity index (χ2v) is 7.51. The van der Waals surface area contributed by atoms with Crippen LogP contribution < -0.4 is 0 Å². The Hall–Kier alpha value is -1.07. The zero-order valence-corrected chi connectivity index (χ0v) is 15.5. The minimum atomic E-state index is -0.362. The standard InChI is InChI=1S/C17H17Br2NO2/c1-20(11-14-7-8-15(19)22-14)16(21)17(9-2-10-17)12-3-5-13(18)6-4-12/h3-8H,2,9-11H2,1H3. The minimum Gasteiger partial charge on any atom is -0.452 e. The van der Waals surface area contributed by atoms with Crippen LogP contribution in [0.1, 0.15) is 30.6 Å². The molecule has 0 spiro atoms. The summed E-state index contributed by atoms with van der Waals surface area (Å²) in [5, 5.41) is 0. The number of nitrogens with zero attached hydrogens (tertiary/aromatic N) is 1. The Morgan fingerprint density at radius 2 is 1.86 bits per heavy atom. The van der Waals surface area contributed by atoms with Gasteiger partial charge in [-0.1, -0.05) is 34.5 Å². The smallest absolute Gasteiger partial charge is 0.233 e. The van der Waals surface area contributed by atoms with Gasteiger partial charge < -0.3 is 9.32 Å². The third-order valence-electron chi connectivity index (χ3n) is 4.38. The molecule has 1 aromatic carbocycles. The zero-order chi connectivity index (χ0) is 15.7. The molecular formula is C17H17Br2NO2. The Balaban J connectivity index is 1.80. The molecule has 116 valence electrons. The first-order valence-electron chi connectivity index (χ1n) is 7.27. The summed E-state index contributed by atoms with van der Waals surface area (Å²) in [6.45, 7) is 0.489. The van der Waals surface area contributed by atoms with Crippen molar-refractivity contribution in [3.63, 3.8) is 0 Å². The van der Waals surface area contributed by atoms with Gasteiger partial charge in [0.2, 0.25) is 5.91 Å². The van der Waals surface area contributed by atoms with Crippen LogP contribution in [0.15, 0.2) is 50.0 Å². The highest BCUT2D eigenvalue weighted by atomic mass is 79.9. The zero-order valence-electron chi connectivity index (χ0n) is 12.3. The lowest BCUT2D eigenvalue weighted by Gasteiger charge is -2.43. The Morgan fingerprint density at radius 1 is 1.18 bits per heavy atom. The topological polar surface area (TPSA) is 33.5 Å². The first-order chi connectivity index (χ1) is 10.5. The van der Waals surface area contributed by atoms with Gasteiger partial charge in [0.05, 0.1) is 12.0 Å². The van der Waals surface area contributed by atoms with Crippen LogP contribution in [0.5, 0.6) is 0 Å². The average molecular weight is 427 g/mol. The first-order valence-corrected chi connectivity index (χ1v) is 8.86. The maximum Gasteiger partial charge on any atom is 0.233 e. The van der Waals surface area contributed by atoms with E-state index in [4.69, 9.17) is 4.42 Å². The maximum absolute atomic E-state index is 13.0. The molecule has 0 unspecified atom stereocenters. The number of hydrogen-bond acceptors (Lipinski definition) is 2. The van der Waals surface area contributed by atoms with Gasteiger partial charge in [-0.2, -0.15) is 0 Å². The van der Waals surface area contributed by atoms with Crippen molar-refractivity contribution >= 4 is 37.8 Å². The van der Waals surface area contributed by atoms with Crippen LogP contribution >= 0.6 is 31.9 Å². The predicted octanol–water partition coefficient (Wildman–Crippen LogP) is 4.88. The molecule has 0 atom stereocenters. The second kappa shape index (κ2) is 6.20. The van der Waals surface area contributed by atoms with Gasteiger partial charge in [0, 0.05) is 11.5 Å². The van der Waals surface area contributed by atoms with E-state index in [1.807, 2.05) is 31.3 Å². The van der Waals surface area contributed by atoms with E-state index in [0.29, 0.717) is 11.2 Å². The highest BCUT2D eigenvalue weighted by Gasteiger charge is 2.47. The highest BCUT2D eigenvalue weighted by molar-refractivity contribution is 9.10. The van der Waals surface area contributed by atoms with Gasteiger partial charge in [0.25, 0.3) is 0 Å². The van der Waals surface area contributed by atoms with Gasteiger partial charge in [-0.3, -0.25) is 4.79 Å². The lowest BCUT2D eigenvalue weighted by Crippen LogP contribution is -2.49. The second-order valence-electron chi connectivity index (χ2n) is 5.81. The minimum absolute atomic E-state index is 0.175. The lowest BCUT2D eigenvalue weighted by molar-refractivity contribution is -0.140. The van der Waals surface area contributed by atoms with Gasteiger partial charge >= 0.3 is 0 Å². The van der Waals surface area contributed by atoms with Crippen molar-refractivity contribution in [2.45, 2.75) is 31.2 Å². The Labute approximate surface area is 146 Å². The molecule has 0 saturated heterocycles. The molecular weight excluding hydrogens is 410 g/mol. The van der Waals surface area contributed by atoms with Crippen LogP contribution in [0.4, 0.5) is 0 Å². The van der Waals surface area contributed by atoms with Crippen LogP contribution in [-0.4, -0.2) is 17.9 Å². The van der Waals surface area contributed by atoms with Gasteiger partial charge in [0.15, 0.2) is 4.67 Å². The molecule has 1 heterocycles. The molecule has 1 aromatic heterocycles. The molecule has 1 aliphatic rings. The summed E-state index contributed by atoms with van der Waals surface area (Å²) in [4.78, 5) is 14.8.